The number of hydrogen-bond donors (Lipinski definition) is 1. The average Bonchev–Trinajstić information content (AvgIpc) is 2.39. The second-order valence-electron chi connectivity index (χ2n) is 5.35. The Morgan fingerprint density at radius 3 is 2.53 bits per heavy atom. The van der Waals surface area contributed by atoms with Crippen molar-refractivity contribution in [3.63, 3.8) is 0 Å². The molecule has 0 amide bonds. The molecular weight excluding hydrogens is 256 g/mol. The maximum atomic E-state index is 11.2. The maximum absolute atomic E-state index is 11.2. The number of benzene rings is 1. The summed E-state index contributed by atoms with van der Waals surface area (Å²) in [5.41, 5.74) is 1.27. The monoisotopic (exact) mass is 278 g/mol. The Hall–Kier alpha value is -0.790. The van der Waals surface area contributed by atoms with Gasteiger partial charge in [0.15, 0.2) is 0 Å². The van der Waals surface area contributed by atoms with E-state index in [4.69, 9.17) is 11.6 Å². The second-order valence-corrected chi connectivity index (χ2v) is 5.73. The van der Waals surface area contributed by atoms with E-state index in [0.717, 1.165) is 18.4 Å². The highest BCUT2D eigenvalue weighted by Crippen LogP contribution is 2.37. The number of allylic oxidation sites excluding steroid dienone is 1. The van der Waals surface area contributed by atoms with Crippen LogP contribution in [0.4, 0.5) is 0 Å². The lowest BCUT2D eigenvalue weighted by atomic mass is 9.80. The molecule has 1 aliphatic rings. The van der Waals surface area contributed by atoms with Crippen LogP contribution >= 0.6 is 11.6 Å². The predicted octanol–water partition coefficient (Wildman–Crippen LogP) is 4.78. The van der Waals surface area contributed by atoms with Gasteiger partial charge in [-0.1, -0.05) is 49.2 Å². The van der Waals surface area contributed by atoms with Crippen LogP contribution in [0, 0.1) is 0 Å². The molecule has 104 valence electrons. The molecule has 1 aromatic rings. The summed E-state index contributed by atoms with van der Waals surface area (Å²) >= 11 is 5.94. The first-order valence-corrected chi connectivity index (χ1v) is 7.84. The van der Waals surface area contributed by atoms with Crippen molar-refractivity contribution < 1.29 is 5.11 Å². The van der Waals surface area contributed by atoms with Crippen LogP contribution in [0.1, 0.15) is 50.5 Å². The van der Waals surface area contributed by atoms with E-state index in [1.54, 1.807) is 0 Å². The number of hydrogen-bond acceptors (Lipinski definition) is 1. The third-order valence-corrected chi connectivity index (χ3v) is 4.22. The van der Waals surface area contributed by atoms with E-state index < -0.39 is 5.60 Å². The highest BCUT2D eigenvalue weighted by Gasteiger charge is 2.32. The molecule has 2 heteroatoms. The van der Waals surface area contributed by atoms with Crippen LogP contribution in [0.15, 0.2) is 42.0 Å². The van der Waals surface area contributed by atoms with Crippen LogP contribution in [-0.4, -0.2) is 11.0 Å². The Labute approximate surface area is 121 Å². The zero-order valence-corrected chi connectivity index (χ0v) is 12.2. The van der Waals surface area contributed by atoms with Gasteiger partial charge in [0.1, 0.15) is 5.60 Å². The van der Waals surface area contributed by atoms with Crippen molar-refractivity contribution in [1.82, 2.24) is 0 Å². The van der Waals surface area contributed by atoms with Crippen LogP contribution in [0.2, 0.25) is 0 Å². The lowest BCUT2D eigenvalue weighted by Gasteiger charge is -2.32. The Morgan fingerprint density at radius 1 is 1.05 bits per heavy atom. The summed E-state index contributed by atoms with van der Waals surface area (Å²) in [5, 5.41) is 11.2. The minimum absolute atomic E-state index is 0.475. The van der Waals surface area contributed by atoms with Gasteiger partial charge in [-0.15, -0.1) is 11.6 Å². The first kappa shape index (κ1) is 14.6. The Morgan fingerprint density at radius 2 is 1.79 bits per heavy atom. The van der Waals surface area contributed by atoms with Gasteiger partial charge < -0.3 is 5.11 Å². The fraction of sp³-hybridized carbons (Fsp3) is 0.529. The van der Waals surface area contributed by atoms with Gasteiger partial charge in [-0.05, 0) is 43.2 Å². The fourth-order valence-corrected chi connectivity index (χ4v) is 3.18. The molecule has 1 aliphatic carbocycles. The molecule has 1 atom stereocenters. The summed E-state index contributed by atoms with van der Waals surface area (Å²) in [5.74, 6) is 0.475. The first-order chi connectivity index (χ1) is 9.27. The number of aliphatic hydroxyl groups is 1. The van der Waals surface area contributed by atoms with Crippen molar-refractivity contribution in [2.75, 3.05) is 5.88 Å². The average molecular weight is 279 g/mol. The topological polar surface area (TPSA) is 20.2 Å². The van der Waals surface area contributed by atoms with Crippen molar-refractivity contribution in [3.05, 3.63) is 47.5 Å². The molecule has 0 radical (unpaired) electrons. The van der Waals surface area contributed by atoms with Gasteiger partial charge in [0.05, 0.1) is 0 Å². The highest BCUT2D eigenvalue weighted by atomic mass is 35.5. The third-order valence-electron chi connectivity index (χ3n) is 4.03. The van der Waals surface area contributed by atoms with Gasteiger partial charge in [-0.25, -0.2) is 0 Å². The lowest BCUT2D eigenvalue weighted by molar-refractivity contribution is 0.0680. The van der Waals surface area contributed by atoms with Crippen molar-refractivity contribution in [2.24, 2.45) is 0 Å². The lowest BCUT2D eigenvalue weighted by Crippen LogP contribution is -2.29. The van der Waals surface area contributed by atoms with E-state index in [1.165, 1.54) is 31.3 Å². The van der Waals surface area contributed by atoms with E-state index >= 15 is 0 Å². The summed E-state index contributed by atoms with van der Waals surface area (Å²) in [6.07, 6.45) is 9.88. The van der Waals surface area contributed by atoms with E-state index in [0.29, 0.717) is 12.3 Å². The molecule has 0 heterocycles. The molecular formula is C17H23ClO. The summed E-state index contributed by atoms with van der Waals surface area (Å²) in [6.45, 7) is 0. The molecule has 0 aliphatic heterocycles. The van der Waals surface area contributed by atoms with E-state index in [1.807, 2.05) is 30.3 Å². The minimum Gasteiger partial charge on any atom is -0.381 e. The Balaban J connectivity index is 2.32. The molecule has 0 fully saturated rings. The summed E-state index contributed by atoms with van der Waals surface area (Å²) in [4.78, 5) is 0. The Kier molecular flexibility index (Phi) is 5.47. The van der Waals surface area contributed by atoms with Gasteiger partial charge in [-0.2, -0.15) is 0 Å². The fourth-order valence-electron chi connectivity index (χ4n) is 2.91. The Bertz CT molecular complexity index is 413. The molecule has 19 heavy (non-hydrogen) atoms. The summed E-state index contributed by atoms with van der Waals surface area (Å²) in [6, 6.07) is 9.96. The minimum atomic E-state index is -0.875. The third kappa shape index (κ3) is 3.61. The van der Waals surface area contributed by atoms with E-state index in [-0.39, 0.29) is 0 Å². The number of rotatable bonds is 4. The predicted molar refractivity (Wildman–Crippen MR) is 81.5 cm³/mol. The molecule has 0 saturated carbocycles. The largest absolute Gasteiger partial charge is 0.381 e. The maximum Gasteiger partial charge on any atom is 0.112 e. The van der Waals surface area contributed by atoms with Gasteiger partial charge in [0, 0.05) is 5.88 Å². The van der Waals surface area contributed by atoms with Gasteiger partial charge in [-0.3, -0.25) is 0 Å². The zero-order valence-electron chi connectivity index (χ0n) is 11.4. The van der Waals surface area contributed by atoms with E-state index in [9.17, 15) is 5.11 Å². The van der Waals surface area contributed by atoms with Crippen LogP contribution in [0.25, 0.3) is 0 Å². The van der Waals surface area contributed by atoms with Crippen molar-refractivity contribution in [3.8, 4) is 0 Å². The van der Waals surface area contributed by atoms with Gasteiger partial charge in [0.25, 0.3) is 0 Å². The normalized spacial score (nSPS) is 22.7. The van der Waals surface area contributed by atoms with Crippen LogP contribution in [-0.2, 0) is 5.60 Å². The SMILES string of the molecule is OC(CCCl)(/C1=C/CCCCCC1)c1ccccc1. The quantitative estimate of drug-likeness (QED) is 0.620. The van der Waals surface area contributed by atoms with E-state index in [2.05, 4.69) is 6.08 Å². The molecule has 1 aromatic carbocycles. The highest BCUT2D eigenvalue weighted by molar-refractivity contribution is 6.17. The second kappa shape index (κ2) is 7.12. The number of halogens is 1. The van der Waals surface area contributed by atoms with Crippen molar-refractivity contribution >= 4 is 11.6 Å². The summed E-state index contributed by atoms with van der Waals surface area (Å²) < 4.78 is 0. The summed E-state index contributed by atoms with van der Waals surface area (Å²) in [7, 11) is 0. The van der Waals surface area contributed by atoms with Crippen molar-refractivity contribution in [1.29, 1.82) is 0 Å². The standard InChI is InChI=1S/C17H23ClO/c18-14-13-17(19,16-11-7-4-8-12-16)15-9-5-2-1-3-6-10-15/h4,7-9,11-12,19H,1-3,5-6,10,13-14H2/b15-9+. The smallest absolute Gasteiger partial charge is 0.112 e. The molecule has 1 unspecified atom stereocenters. The molecule has 2 rings (SSSR count). The van der Waals surface area contributed by atoms with Gasteiger partial charge in [0.2, 0.25) is 0 Å². The molecule has 0 spiro atoms. The number of alkyl halides is 1. The van der Waals surface area contributed by atoms with Crippen LogP contribution in [0.3, 0.4) is 0 Å². The molecule has 1 nitrogen and oxygen atoms in total. The molecule has 0 aromatic heterocycles. The first-order valence-electron chi connectivity index (χ1n) is 7.31. The molecule has 0 saturated heterocycles. The van der Waals surface area contributed by atoms with Crippen LogP contribution in [0.5, 0.6) is 0 Å². The van der Waals surface area contributed by atoms with Crippen molar-refractivity contribution in [2.45, 2.75) is 50.5 Å². The van der Waals surface area contributed by atoms with Crippen LogP contribution < -0.4 is 0 Å². The molecule has 1 N–H and O–H groups in total. The molecule has 0 bridgehead atoms. The zero-order chi connectivity index (χ0) is 13.6. The van der Waals surface area contributed by atoms with Gasteiger partial charge >= 0.3 is 0 Å².